The van der Waals surface area contributed by atoms with E-state index in [2.05, 4.69) is 10.0 Å². The molecule has 0 fully saturated rings. The van der Waals surface area contributed by atoms with Crippen molar-refractivity contribution in [3.63, 3.8) is 0 Å². The van der Waals surface area contributed by atoms with E-state index in [4.69, 9.17) is 0 Å². The summed E-state index contributed by atoms with van der Waals surface area (Å²) >= 11 is 0. The maximum atomic E-state index is 11.9. The van der Waals surface area contributed by atoms with Crippen LogP contribution in [0.15, 0.2) is 18.2 Å². The molecule has 0 spiro atoms. The topological polar surface area (TPSA) is 58.2 Å². The smallest absolute Gasteiger partial charge is 0.232 e. The Bertz CT molecular complexity index is 498. The van der Waals surface area contributed by atoms with E-state index in [-0.39, 0.29) is 5.75 Å². The van der Waals surface area contributed by atoms with E-state index in [1.807, 2.05) is 39.0 Å². The van der Waals surface area contributed by atoms with Gasteiger partial charge in [0.15, 0.2) is 0 Å². The van der Waals surface area contributed by atoms with Crippen molar-refractivity contribution < 1.29 is 8.42 Å². The van der Waals surface area contributed by atoms with E-state index < -0.39 is 10.0 Å². The van der Waals surface area contributed by atoms with Crippen LogP contribution in [0, 0.1) is 13.8 Å². The highest BCUT2D eigenvalue weighted by atomic mass is 32.2. The lowest BCUT2D eigenvalue weighted by Crippen LogP contribution is -2.19. The van der Waals surface area contributed by atoms with Crippen molar-refractivity contribution in [2.75, 3.05) is 23.6 Å². The van der Waals surface area contributed by atoms with E-state index >= 15 is 0 Å². The van der Waals surface area contributed by atoms with Crippen LogP contribution in [0.3, 0.4) is 0 Å². The largest absolute Gasteiger partial charge is 0.317 e. The summed E-state index contributed by atoms with van der Waals surface area (Å²) in [4.78, 5) is 0. The number of anilines is 1. The number of aryl methyl sites for hydroxylation is 2. The molecule has 0 aromatic heterocycles. The summed E-state index contributed by atoms with van der Waals surface area (Å²) in [6.45, 7) is 7.74. The van der Waals surface area contributed by atoms with Crippen molar-refractivity contribution in [1.82, 2.24) is 5.32 Å². The summed E-state index contributed by atoms with van der Waals surface area (Å²) in [5.41, 5.74) is 2.76. The van der Waals surface area contributed by atoms with Gasteiger partial charge in [0.25, 0.3) is 0 Å². The van der Waals surface area contributed by atoms with Crippen LogP contribution in [0.4, 0.5) is 5.69 Å². The van der Waals surface area contributed by atoms with Crippen molar-refractivity contribution in [3.8, 4) is 0 Å². The molecule has 0 heterocycles. The van der Waals surface area contributed by atoms with Gasteiger partial charge in [-0.1, -0.05) is 24.6 Å². The summed E-state index contributed by atoms with van der Waals surface area (Å²) in [7, 11) is -3.23. The second-order valence-corrected chi connectivity index (χ2v) is 6.64. The van der Waals surface area contributed by atoms with Gasteiger partial charge in [0.05, 0.1) is 11.4 Å². The van der Waals surface area contributed by atoms with Crippen LogP contribution >= 0.6 is 0 Å². The highest BCUT2D eigenvalue weighted by Crippen LogP contribution is 2.17. The molecule has 4 nitrogen and oxygen atoms in total. The Hall–Kier alpha value is -1.07. The van der Waals surface area contributed by atoms with E-state index in [1.165, 1.54) is 0 Å². The van der Waals surface area contributed by atoms with Gasteiger partial charge in [0.2, 0.25) is 10.0 Å². The Kier molecular flexibility index (Phi) is 6.31. The third kappa shape index (κ3) is 6.07. The highest BCUT2D eigenvalue weighted by Gasteiger charge is 2.11. The number of nitrogens with one attached hydrogen (secondary N) is 2. The fraction of sp³-hybridized carbons (Fsp3) is 0.571. The van der Waals surface area contributed by atoms with Gasteiger partial charge in [-0.25, -0.2) is 8.42 Å². The van der Waals surface area contributed by atoms with Gasteiger partial charge in [-0.2, -0.15) is 0 Å². The number of benzene rings is 1. The molecule has 108 valence electrons. The van der Waals surface area contributed by atoms with Crippen LogP contribution in [0.2, 0.25) is 0 Å². The molecule has 0 atom stereocenters. The average Bonchev–Trinajstić information content (AvgIpc) is 2.32. The molecule has 5 heteroatoms. The fourth-order valence-corrected chi connectivity index (χ4v) is 3.12. The van der Waals surface area contributed by atoms with E-state index in [1.54, 1.807) is 0 Å². The summed E-state index contributed by atoms with van der Waals surface area (Å²) in [6.07, 6.45) is 1.55. The van der Waals surface area contributed by atoms with Crippen LogP contribution in [-0.2, 0) is 10.0 Å². The molecular formula is C14H24N2O2S. The minimum atomic E-state index is -3.23. The predicted octanol–water partition coefficient (Wildman–Crippen LogP) is 2.43. The summed E-state index contributed by atoms with van der Waals surface area (Å²) in [5, 5.41) is 3.18. The second kappa shape index (κ2) is 7.50. The van der Waals surface area contributed by atoms with Crippen LogP contribution in [0.5, 0.6) is 0 Å². The maximum absolute atomic E-state index is 11.9. The third-order valence-electron chi connectivity index (χ3n) is 2.91. The first-order valence-corrected chi connectivity index (χ1v) is 8.38. The van der Waals surface area contributed by atoms with Crippen LogP contribution in [0.25, 0.3) is 0 Å². The van der Waals surface area contributed by atoms with Crippen molar-refractivity contribution in [2.45, 2.75) is 33.6 Å². The summed E-state index contributed by atoms with van der Waals surface area (Å²) < 4.78 is 26.5. The standard InChI is InChI=1S/C14H24N2O2S/c1-4-15-9-5-6-10-19(17,18)16-14-8-7-12(2)11-13(14)3/h7-8,11,15-16H,4-6,9-10H2,1-3H3. The zero-order chi connectivity index (χ0) is 14.3. The molecule has 0 saturated carbocycles. The quantitative estimate of drug-likeness (QED) is 0.721. The fourth-order valence-electron chi connectivity index (χ4n) is 1.87. The zero-order valence-corrected chi connectivity index (χ0v) is 12.8. The summed E-state index contributed by atoms with van der Waals surface area (Å²) in [5.74, 6) is 0.172. The minimum Gasteiger partial charge on any atom is -0.317 e. The summed E-state index contributed by atoms with van der Waals surface area (Å²) in [6, 6.07) is 5.71. The Balaban J connectivity index is 2.50. The molecule has 0 aliphatic carbocycles. The van der Waals surface area contributed by atoms with E-state index in [9.17, 15) is 8.42 Å². The first kappa shape index (κ1) is 16.0. The Morgan fingerprint density at radius 1 is 1.16 bits per heavy atom. The predicted molar refractivity (Wildman–Crippen MR) is 81.1 cm³/mol. The Labute approximate surface area is 116 Å². The Morgan fingerprint density at radius 2 is 1.89 bits per heavy atom. The molecule has 0 radical (unpaired) electrons. The van der Waals surface area contributed by atoms with Gasteiger partial charge in [0, 0.05) is 0 Å². The number of sulfonamides is 1. The molecule has 1 aromatic carbocycles. The van der Waals surface area contributed by atoms with Crippen molar-refractivity contribution in [1.29, 1.82) is 0 Å². The molecular weight excluding hydrogens is 260 g/mol. The highest BCUT2D eigenvalue weighted by molar-refractivity contribution is 7.92. The van der Waals surface area contributed by atoms with Crippen LogP contribution < -0.4 is 10.0 Å². The molecule has 0 bridgehead atoms. The third-order valence-corrected chi connectivity index (χ3v) is 4.27. The molecule has 1 aromatic rings. The first-order chi connectivity index (χ1) is 8.94. The van der Waals surface area contributed by atoms with Gasteiger partial charge in [0.1, 0.15) is 0 Å². The maximum Gasteiger partial charge on any atom is 0.232 e. The lowest BCUT2D eigenvalue weighted by atomic mass is 10.1. The van der Waals surface area contributed by atoms with Crippen LogP contribution in [-0.4, -0.2) is 27.3 Å². The van der Waals surface area contributed by atoms with Gasteiger partial charge < -0.3 is 5.32 Å². The first-order valence-electron chi connectivity index (χ1n) is 6.73. The van der Waals surface area contributed by atoms with Gasteiger partial charge in [-0.15, -0.1) is 0 Å². The average molecular weight is 284 g/mol. The zero-order valence-electron chi connectivity index (χ0n) is 12.0. The lowest BCUT2D eigenvalue weighted by Gasteiger charge is -2.11. The molecule has 0 unspecified atom stereocenters. The normalized spacial score (nSPS) is 11.5. The molecule has 0 saturated heterocycles. The second-order valence-electron chi connectivity index (χ2n) is 4.80. The molecule has 19 heavy (non-hydrogen) atoms. The molecule has 1 rings (SSSR count). The number of rotatable bonds is 8. The van der Waals surface area contributed by atoms with E-state index in [0.717, 1.165) is 30.6 Å². The van der Waals surface area contributed by atoms with Crippen molar-refractivity contribution in [3.05, 3.63) is 29.3 Å². The van der Waals surface area contributed by atoms with Crippen molar-refractivity contribution >= 4 is 15.7 Å². The van der Waals surface area contributed by atoms with Gasteiger partial charge in [-0.3, -0.25) is 4.72 Å². The monoisotopic (exact) mass is 284 g/mol. The van der Waals surface area contributed by atoms with Crippen LogP contribution in [0.1, 0.15) is 30.9 Å². The number of hydrogen-bond acceptors (Lipinski definition) is 3. The SMILES string of the molecule is CCNCCCCS(=O)(=O)Nc1ccc(C)cc1C. The molecule has 0 amide bonds. The molecule has 0 aliphatic heterocycles. The molecule has 2 N–H and O–H groups in total. The Morgan fingerprint density at radius 3 is 2.53 bits per heavy atom. The van der Waals surface area contributed by atoms with Gasteiger partial charge in [-0.05, 0) is 51.4 Å². The lowest BCUT2D eigenvalue weighted by molar-refractivity contribution is 0.593. The van der Waals surface area contributed by atoms with E-state index in [0.29, 0.717) is 12.1 Å². The van der Waals surface area contributed by atoms with Crippen molar-refractivity contribution in [2.24, 2.45) is 0 Å². The minimum absolute atomic E-state index is 0.172. The molecule has 0 aliphatic rings. The number of unbranched alkanes of at least 4 members (excludes halogenated alkanes) is 1. The van der Waals surface area contributed by atoms with Gasteiger partial charge >= 0.3 is 0 Å². The number of hydrogen-bond donors (Lipinski definition) is 2.